The van der Waals surface area contributed by atoms with E-state index in [1.54, 1.807) is 13.0 Å². The Morgan fingerprint density at radius 2 is 2.09 bits per heavy atom. The minimum absolute atomic E-state index is 0.0209. The van der Waals surface area contributed by atoms with E-state index in [4.69, 9.17) is 22.4 Å². The molecule has 0 saturated heterocycles. The van der Waals surface area contributed by atoms with Gasteiger partial charge in [0.1, 0.15) is 4.90 Å². The van der Waals surface area contributed by atoms with Gasteiger partial charge in [-0.15, -0.1) is 0 Å². The van der Waals surface area contributed by atoms with Gasteiger partial charge in [-0.05, 0) is 24.6 Å². The first-order chi connectivity index (χ1) is 10.8. The molecule has 7 nitrogen and oxygen atoms in total. The third-order valence-corrected chi connectivity index (χ3v) is 5.68. The average Bonchev–Trinajstić information content (AvgIpc) is 2.48. The molecule has 9 heteroatoms. The molecular weight excluding hydrogens is 340 g/mol. The Morgan fingerprint density at radius 3 is 2.70 bits per heavy atom. The summed E-state index contributed by atoms with van der Waals surface area (Å²) in [7, 11) is -2.43. The van der Waals surface area contributed by atoms with Crippen molar-refractivity contribution in [3.8, 4) is 11.1 Å². The van der Waals surface area contributed by atoms with E-state index in [1.807, 2.05) is 0 Å². The van der Waals surface area contributed by atoms with Gasteiger partial charge in [0, 0.05) is 25.4 Å². The predicted octanol–water partition coefficient (Wildman–Crippen LogP) is 1.30. The number of nitrogens with two attached hydrogens (primary N) is 1. The summed E-state index contributed by atoms with van der Waals surface area (Å²) in [5.74, 6) is 0.149. The molecule has 0 atom stereocenters. The molecule has 0 aliphatic heterocycles. The lowest BCUT2D eigenvalue weighted by Gasteiger charge is -2.17. The molecule has 1 aromatic carbocycles. The minimum Gasteiger partial charge on any atom is -0.395 e. The van der Waals surface area contributed by atoms with Crippen LogP contribution in [0.3, 0.4) is 0 Å². The van der Waals surface area contributed by atoms with E-state index in [0.29, 0.717) is 16.8 Å². The molecule has 2 rings (SSSR count). The molecule has 23 heavy (non-hydrogen) atoms. The third kappa shape index (κ3) is 3.61. The Morgan fingerprint density at radius 1 is 1.39 bits per heavy atom. The maximum Gasteiger partial charge on any atom is 0.244 e. The molecule has 3 N–H and O–H groups in total. The fourth-order valence-corrected chi connectivity index (χ4v) is 3.72. The number of hydrogen-bond donors (Lipinski definition) is 2. The standard InChI is InChI=1S/C14H17ClN4O3S/c1-9-11(8-17-14(16)18-9)10-3-4-12(15)13(7-10)23(21,22)19(2)5-6-20/h3-4,7-8,20H,5-6H2,1-2H3,(H2,16,17,18). The summed E-state index contributed by atoms with van der Waals surface area (Å²) in [4.78, 5) is 7.97. The number of aliphatic hydroxyl groups excluding tert-OH is 1. The van der Waals surface area contributed by atoms with Crippen LogP contribution >= 0.6 is 11.6 Å². The first kappa shape index (κ1) is 17.6. The molecule has 1 heterocycles. The van der Waals surface area contributed by atoms with E-state index in [1.165, 1.54) is 25.4 Å². The van der Waals surface area contributed by atoms with Crippen LogP contribution in [0.5, 0.6) is 0 Å². The molecule has 1 aromatic heterocycles. The highest BCUT2D eigenvalue weighted by atomic mass is 35.5. The van der Waals surface area contributed by atoms with Gasteiger partial charge in [0.2, 0.25) is 16.0 Å². The molecule has 0 fully saturated rings. The molecule has 0 spiro atoms. The summed E-state index contributed by atoms with van der Waals surface area (Å²) in [6.07, 6.45) is 1.54. The smallest absolute Gasteiger partial charge is 0.244 e. The quantitative estimate of drug-likeness (QED) is 0.835. The highest BCUT2D eigenvalue weighted by molar-refractivity contribution is 7.89. The fraction of sp³-hybridized carbons (Fsp3) is 0.286. The van der Waals surface area contributed by atoms with Gasteiger partial charge in [-0.1, -0.05) is 17.7 Å². The van der Waals surface area contributed by atoms with Crippen LogP contribution in [0.4, 0.5) is 5.95 Å². The molecule has 0 unspecified atom stereocenters. The molecule has 0 aliphatic carbocycles. The van der Waals surface area contributed by atoms with Crippen molar-refractivity contribution in [2.75, 3.05) is 25.9 Å². The number of rotatable bonds is 5. The number of aryl methyl sites for hydroxylation is 1. The van der Waals surface area contributed by atoms with Gasteiger partial charge in [-0.3, -0.25) is 0 Å². The summed E-state index contributed by atoms with van der Waals surface area (Å²) in [6, 6.07) is 4.66. The number of aromatic nitrogens is 2. The second-order valence-corrected chi connectivity index (χ2v) is 7.34. The van der Waals surface area contributed by atoms with Gasteiger partial charge >= 0.3 is 0 Å². The van der Waals surface area contributed by atoms with Crippen LogP contribution < -0.4 is 5.73 Å². The lowest BCUT2D eigenvalue weighted by molar-refractivity contribution is 0.266. The molecule has 0 saturated carbocycles. The van der Waals surface area contributed by atoms with Gasteiger partial charge in [0.05, 0.1) is 17.3 Å². The van der Waals surface area contributed by atoms with Crippen molar-refractivity contribution in [1.29, 1.82) is 0 Å². The zero-order valence-corrected chi connectivity index (χ0v) is 14.3. The van der Waals surface area contributed by atoms with Crippen LogP contribution in [0.2, 0.25) is 5.02 Å². The first-order valence-corrected chi connectivity index (χ1v) is 8.55. The van der Waals surface area contributed by atoms with E-state index in [-0.39, 0.29) is 29.0 Å². The van der Waals surface area contributed by atoms with Crippen molar-refractivity contribution in [2.24, 2.45) is 0 Å². The number of sulfonamides is 1. The Labute approximate surface area is 139 Å². The Kier molecular flexibility index (Phi) is 5.20. The van der Waals surface area contributed by atoms with Crippen molar-refractivity contribution >= 4 is 27.6 Å². The maximum atomic E-state index is 12.5. The highest BCUT2D eigenvalue weighted by Gasteiger charge is 2.24. The van der Waals surface area contributed by atoms with Gasteiger partial charge in [0.15, 0.2) is 0 Å². The van der Waals surface area contributed by atoms with Crippen LogP contribution in [0.1, 0.15) is 5.69 Å². The zero-order chi connectivity index (χ0) is 17.2. The van der Waals surface area contributed by atoms with Crippen LogP contribution in [-0.2, 0) is 10.0 Å². The van der Waals surface area contributed by atoms with E-state index in [2.05, 4.69) is 9.97 Å². The van der Waals surface area contributed by atoms with Gasteiger partial charge in [0.25, 0.3) is 0 Å². The van der Waals surface area contributed by atoms with Crippen molar-refractivity contribution < 1.29 is 13.5 Å². The van der Waals surface area contributed by atoms with Gasteiger partial charge in [-0.2, -0.15) is 4.31 Å². The number of aliphatic hydroxyl groups is 1. The predicted molar refractivity (Wildman–Crippen MR) is 88.5 cm³/mol. The summed E-state index contributed by atoms with van der Waals surface area (Å²) in [6.45, 7) is 1.46. The molecule has 124 valence electrons. The minimum atomic E-state index is -3.81. The molecule has 0 amide bonds. The summed E-state index contributed by atoms with van der Waals surface area (Å²) in [5, 5.41) is 9.05. The molecular formula is C14H17ClN4O3S. The van der Waals surface area contributed by atoms with Crippen LogP contribution in [0.15, 0.2) is 29.3 Å². The third-order valence-electron chi connectivity index (χ3n) is 3.34. The molecule has 0 aliphatic rings. The van der Waals surface area contributed by atoms with Gasteiger partial charge in [-0.25, -0.2) is 18.4 Å². The van der Waals surface area contributed by atoms with Crippen molar-refractivity contribution in [3.05, 3.63) is 35.1 Å². The topological polar surface area (TPSA) is 109 Å². The van der Waals surface area contributed by atoms with E-state index in [9.17, 15) is 8.42 Å². The summed E-state index contributed by atoms with van der Waals surface area (Å²) in [5.41, 5.74) is 7.44. The number of anilines is 1. The number of hydrogen-bond acceptors (Lipinski definition) is 6. The Bertz CT molecular complexity index is 827. The van der Waals surface area contributed by atoms with E-state index in [0.717, 1.165) is 4.31 Å². The SMILES string of the molecule is Cc1nc(N)ncc1-c1ccc(Cl)c(S(=O)(=O)N(C)CCO)c1. The average molecular weight is 357 g/mol. The monoisotopic (exact) mass is 356 g/mol. The Hall–Kier alpha value is -1.74. The van der Waals surface area contributed by atoms with Crippen LogP contribution in [0.25, 0.3) is 11.1 Å². The molecule has 0 bridgehead atoms. The first-order valence-electron chi connectivity index (χ1n) is 6.73. The number of nitrogen functional groups attached to an aromatic ring is 1. The van der Waals surface area contributed by atoms with E-state index < -0.39 is 10.0 Å². The second-order valence-electron chi connectivity index (χ2n) is 4.92. The number of likely N-dealkylation sites (N-methyl/N-ethyl adjacent to an activating group) is 1. The highest BCUT2D eigenvalue weighted by Crippen LogP contribution is 2.30. The van der Waals surface area contributed by atoms with E-state index >= 15 is 0 Å². The largest absolute Gasteiger partial charge is 0.395 e. The van der Waals surface area contributed by atoms with Crippen molar-refractivity contribution in [1.82, 2.24) is 14.3 Å². The van der Waals surface area contributed by atoms with Crippen molar-refractivity contribution in [3.63, 3.8) is 0 Å². The second kappa shape index (κ2) is 6.79. The van der Waals surface area contributed by atoms with Crippen LogP contribution in [-0.4, -0.2) is 48.0 Å². The van der Waals surface area contributed by atoms with Gasteiger partial charge < -0.3 is 10.8 Å². The lowest BCUT2D eigenvalue weighted by Crippen LogP contribution is -2.29. The molecule has 0 radical (unpaired) electrons. The zero-order valence-electron chi connectivity index (χ0n) is 12.7. The number of benzene rings is 1. The number of nitrogens with zero attached hydrogens (tertiary/aromatic N) is 3. The summed E-state index contributed by atoms with van der Waals surface area (Å²) >= 11 is 6.06. The number of halogens is 1. The lowest BCUT2D eigenvalue weighted by atomic mass is 10.1. The molecule has 2 aromatic rings. The van der Waals surface area contributed by atoms with Crippen molar-refractivity contribution in [2.45, 2.75) is 11.8 Å². The summed E-state index contributed by atoms with van der Waals surface area (Å²) < 4.78 is 26.1. The van der Waals surface area contributed by atoms with Crippen LogP contribution in [0, 0.1) is 6.92 Å². The normalized spacial score (nSPS) is 11.9. The Balaban J connectivity index is 2.56. The fourth-order valence-electron chi connectivity index (χ4n) is 2.07. The maximum absolute atomic E-state index is 12.5.